The van der Waals surface area contributed by atoms with Crippen LogP contribution in [0.25, 0.3) is 33.8 Å². The van der Waals surface area contributed by atoms with Gasteiger partial charge in [-0.3, -0.25) is 9.69 Å². The number of hydrogen-bond donors (Lipinski definition) is 0. The Labute approximate surface area is 243 Å². The van der Waals surface area contributed by atoms with E-state index in [-0.39, 0.29) is 11.9 Å². The molecular formula is C33H27N3O2S2. The molecule has 0 saturated carbocycles. The Kier molecular flexibility index (Phi) is 7.24. The van der Waals surface area contributed by atoms with Crippen molar-refractivity contribution in [2.75, 3.05) is 0 Å². The summed E-state index contributed by atoms with van der Waals surface area (Å²) in [5.74, 6) is 0.708. The van der Waals surface area contributed by atoms with E-state index in [2.05, 4.69) is 30.3 Å². The molecule has 2 heterocycles. The van der Waals surface area contributed by atoms with Crippen LogP contribution in [-0.4, -0.2) is 30.9 Å². The number of benzene rings is 4. The molecule has 0 N–H and O–H groups in total. The number of aromatic nitrogens is 2. The van der Waals surface area contributed by atoms with E-state index in [1.165, 1.54) is 22.5 Å². The molecule has 0 atom stereocenters. The van der Waals surface area contributed by atoms with Gasteiger partial charge >= 0.3 is 0 Å². The molecular weight excluding hydrogens is 535 g/mol. The van der Waals surface area contributed by atoms with Crippen molar-refractivity contribution in [1.29, 1.82) is 0 Å². The SMILES string of the molecule is CC(C)N1C(=O)C(=Cc2cn(-c3ccccc3)nc2-c2ccc(OCc3cccc4ccccc34)cc2)SC1=S. The number of amides is 1. The Morgan fingerprint density at radius 3 is 2.40 bits per heavy atom. The molecule has 1 aliphatic heterocycles. The first-order valence-corrected chi connectivity index (χ1v) is 14.3. The van der Waals surface area contributed by atoms with Gasteiger partial charge in [0.05, 0.1) is 16.3 Å². The maximum atomic E-state index is 13.1. The third kappa shape index (κ3) is 5.18. The lowest BCUT2D eigenvalue weighted by atomic mass is 10.1. The predicted molar refractivity (Wildman–Crippen MR) is 167 cm³/mol. The van der Waals surface area contributed by atoms with Crippen LogP contribution in [0.4, 0.5) is 0 Å². The van der Waals surface area contributed by atoms with Crippen molar-refractivity contribution in [2.24, 2.45) is 0 Å². The summed E-state index contributed by atoms with van der Waals surface area (Å²) in [5, 5.41) is 7.31. The van der Waals surface area contributed by atoms with Crippen LogP contribution in [0, 0.1) is 0 Å². The standard InChI is InChI=1S/C33H27N3O2S2/c1-22(2)36-32(37)30(40-33(36)39)19-26-20-35(27-12-4-3-5-13-27)34-31(26)24-15-17-28(18-16-24)38-21-25-11-8-10-23-9-6-7-14-29(23)25/h3-20,22H,21H2,1-2H3. The van der Waals surface area contributed by atoms with Crippen LogP contribution >= 0.6 is 24.0 Å². The van der Waals surface area contributed by atoms with Gasteiger partial charge in [-0.15, -0.1) is 0 Å². The summed E-state index contributed by atoms with van der Waals surface area (Å²) in [6.45, 7) is 4.42. The zero-order valence-electron chi connectivity index (χ0n) is 22.2. The highest BCUT2D eigenvalue weighted by molar-refractivity contribution is 8.26. The smallest absolute Gasteiger partial charge is 0.266 e. The van der Waals surface area contributed by atoms with Gasteiger partial charge in [0.25, 0.3) is 5.91 Å². The Bertz CT molecular complexity index is 1740. The van der Waals surface area contributed by atoms with Gasteiger partial charge in [0, 0.05) is 23.4 Å². The number of rotatable bonds is 7. The number of thioether (sulfide) groups is 1. The van der Waals surface area contributed by atoms with Crippen molar-refractivity contribution in [2.45, 2.75) is 26.5 Å². The highest BCUT2D eigenvalue weighted by Crippen LogP contribution is 2.36. The summed E-state index contributed by atoms with van der Waals surface area (Å²) < 4.78 is 8.58. The molecule has 198 valence electrons. The van der Waals surface area contributed by atoms with Gasteiger partial charge in [0.15, 0.2) is 0 Å². The first-order chi connectivity index (χ1) is 19.5. The van der Waals surface area contributed by atoms with Gasteiger partial charge in [-0.25, -0.2) is 4.68 Å². The molecule has 5 nitrogen and oxygen atoms in total. The summed E-state index contributed by atoms with van der Waals surface area (Å²) >= 11 is 6.82. The van der Waals surface area contributed by atoms with Crippen LogP contribution in [0.5, 0.6) is 5.75 Å². The molecule has 6 rings (SSSR count). The number of carbonyl (C=O) groups excluding carboxylic acids is 1. The highest BCUT2D eigenvalue weighted by atomic mass is 32.2. The second-order valence-corrected chi connectivity index (χ2v) is 11.5. The van der Waals surface area contributed by atoms with E-state index in [4.69, 9.17) is 22.1 Å². The Balaban J connectivity index is 1.30. The minimum atomic E-state index is -0.0689. The van der Waals surface area contributed by atoms with E-state index in [9.17, 15) is 4.79 Å². The summed E-state index contributed by atoms with van der Waals surface area (Å²) in [6, 6.07) is 32.5. The van der Waals surface area contributed by atoms with Crippen molar-refractivity contribution in [3.8, 4) is 22.7 Å². The summed E-state index contributed by atoms with van der Waals surface area (Å²) in [5.41, 5.74) is 4.63. The van der Waals surface area contributed by atoms with Crippen LogP contribution < -0.4 is 4.74 Å². The lowest BCUT2D eigenvalue weighted by Crippen LogP contribution is -2.34. The number of para-hydroxylation sites is 1. The average Bonchev–Trinajstić information content (AvgIpc) is 3.52. The molecule has 0 spiro atoms. The topological polar surface area (TPSA) is 47.4 Å². The second kappa shape index (κ2) is 11.1. The number of carbonyl (C=O) groups is 1. The third-order valence-corrected chi connectivity index (χ3v) is 8.12. The maximum Gasteiger partial charge on any atom is 0.266 e. The number of thiocarbonyl (C=S) groups is 1. The molecule has 0 radical (unpaired) electrons. The Morgan fingerprint density at radius 2 is 1.65 bits per heavy atom. The zero-order valence-corrected chi connectivity index (χ0v) is 23.8. The quantitative estimate of drug-likeness (QED) is 0.149. The molecule has 40 heavy (non-hydrogen) atoms. The van der Waals surface area contributed by atoms with Crippen LogP contribution in [0.15, 0.2) is 108 Å². The fourth-order valence-corrected chi connectivity index (χ4v) is 6.30. The average molecular weight is 562 g/mol. The number of hydrogen-bond acceptors (Lipinski definition) is 5. The maximum absolute atomic E-state index is 13.1. The van der Waals surface area contributed by atoms with Crippen LogP contribution in [-0.2, 0) is 11.4 Å². The van der Waals surface area contributed by atoms with Crippen LogP contribution in [0.3, 0.4) is 0 Å². The van der Waals surface area contributed by atoms with Gasteiger partial charge in [-0.05, 0) is 72.7 Å². The molecule has 1 aromatic heterocycles. The normalized spacial score (nSPS) is 14.6. The monoisotopic (exact) mass is 561 g/mol. The molecule has 1 amide bonds. The summed E-state index contributed by atoms with van der Waals surface area (Å²) in [7, 11) is 0. The zero-order chi connectivity index (χ0) is 27.6. The van der Waals surface area contributed by atoms with Crippen molar-refractivity contribution in [3.63, 3.8) is 0 Å². The van der Waals surface area contributed by atoms with E-state index >= 15 is 0 Å². The highest BCUT2D eigenvalue weighted by Gasteiger charge is 2.34. The van der Waals surface area contributed by atoms with E-state index in [1.807, 2.05) is 97.5 Å². The van der Waals surface area contributed by atoms with Crippen molar-refractivity contribution < 1.29 is 9.53 Å². The molecule has 4 aromatic carbocycles. The third-order valence-electron chi connectivity index (χ3n) is 6.79. The fraction of sp³-hybridized carbons (Fsp3) is 0.121. The fourth-order valence-electron chi connectivity index (χ4n) is 4.79. The number of nitrogens with zero attached hydrogens (tertiary/aromatic N) is 3. The Hall–Kier alpha value is -4.20. The number of fused-ring (bicyclic) bond motifs is 1. The molecule has 1 aliphatic rings. The van der Waals surface area contributed by atoms with Crippen molar-refractivity contribution in [3.05, 3.63) is 119 Å². The summed E-state index contributed by atoms with van der Waals surface area (Å²) in [4.78, 5) is 15.4. The summed E-state index contributed by atoms with van der Waals surface area (Å²) in [6.07, 6.45) is 3.85. The minimum Gasteiger partial charge on any atom is -0.489 e. The number of ether oxygens (including phenoxy) is 1. The molecule has 1 saturated heterocycles. The molecule has 0 unspecified atom stereocenters. The van der Waals surface area contributed by atoms with Crippen molar-refractivity contribution in [1.82, 2.24) is 14.7 Å². The van der Waals surface area contributed by atoms with Gasteiger partial charge in [-0.2, -0.15) is 5.10 Å². The minimum absolute atomic E-state index is 0.00586. The van der Waals surface area contributed by atoms with Crippen LogP contribution in [0.2, 0.25) is 0 Å². The first kappa shape index (κ1) is 26.0. The molecule has 0 bridgehead atoms. The van der Waals surface area contributed by atoms with Gasteiger partial charge in [0.2, 0.25) is 0 Å². The second-order valence-electron chi connectivity index (χ2n) is 9.81. The molecule has 5 aromatic rings. The molecule has 7 heteroatoms. The van der Waals surface area contributed by atoms with Gasteiger partial charge in [-0.1, -0.05) is 84.6 Å². The Morgan fingerprint density at radius 1 is 0.925 bits per heavy atom. The van der Waals surface area contributed by atoms with Gasteiger partial charge < -0.3 is 4.74 Å². The molecule has 0 aliphatic carbocycles. The van der Waals surface area contributed by atoms with Crippen LogP contribution in [0.1, 0.15) is 25.0 Å². The largest absolute Gasteiger partial charge is 0.489 e. The first-order valence-electron chi connectivity index (χ1n) is 13.1. The lowest BCUT2D eigenvalue weighted by molar-refractivity contribution is -0.123. The van der Waals surface area contributed by atoms with E-state index < -0.39 is 0 Å². The van der Waals surface area contributed by atoms with E-state index in [0.29, 0.717) is 15.8 Å². The predicted octanol–water partition coefficient (Wildman–Crippen LogP) is 7.88. The van der Waals surface area contributed by atoms with Crippen molar-refractivity contribution >= 4 is 51.1 Å². The van der Waals surface area contributed by atoms with E-state index in [1.54, 1.807) is 4.90 Å². The van der Waals surface area contributed by atoms with E-state index in [0.717, 1.165) is 33.8 Å². The lowest BCUT2D eigenvalue weighted by Gasteiger charge is -2.18. The van der Waals surface area contributed by atoms with Gasteiger partial charge in [0.1, 0.15) is 16.7 Å². The molecule has 1 fully saturated rings.